The molecule has 0 saturated heterocycles. The van der Waals surface area contributed by atoms with Crippen molar-refractivity contribution >= 4 is 0 Å². The van der Waals surface area contributed by atoms with Crippen molar-refractivity contribution in [1.29, 1.82) is 0 Å². The number of rotatable bonds is 7. The molecule has 2 rings (SSSR count). The summed E-state index contributed by atoms with van der Waals surface area (Å²) in [4.78, 5) is 4.34. The fourth-order valence-electron chi connectivity index (χ4n) is 2.09. The highest BCUT2D eigenvalue weighted by molar-refractivity contribution is 5.58. The van der Waals surface area contributed by atoms with Crippen LogP contribution in [0.25, 0.3) is 11.3 Å². The summed E-state index contributed by atoms with van der Waals surface area (Å²) in [5.41, 5.74) is 2.10. The van der Waals surface area contributed by atoms with E-state index in [1.807, 2.05) is 17.9 Å². The molecule has 0 aromatic carbocycles. The molecule has 2 heterocycles. The molecular weight excluding hydrogens is 240 g/mol. The van der Waals surface area contributed by atoms with Gasteiger partial charge in [0, 0.05) is 19.7 Å². The molecule has 0 aliphatic heterocycles. The Labute approximate surface area is 114 Å². The average molecular weight is 262 g/mol. The van der Waals surface area contributed by atoms with Crippen LogP contribution in [-0.2, 0) is 19.9 Å². The number of aryl methyl sites for hydroxylation is 3. The number of oxazole rings is 1. The summed E-state index contributed by atoms with van der Waals surface area (Å²) in [5, 5.41) is 7.72. The second-order valence-electron chi connectivity index (χ2n) is 4.59. The van der Waals surface area contributed by atoms with Crippen LogP contribution in [0.2, 0.25) is 0 Å². The summed E-state index contributed by atoms with van der Waals surface area (Å²) in [6, 6.07) is 0. The quantitative estimate of drug-likeness (QED) is 0.777. The first-order chi connectivity index (χ1) is 9.24. The summed E-state index contributed by atoms with van der Waals surface area (Å²) >= 11 is 0. The molecule has 0 aliphatic rings. The summed E-state index contributed by atoms with van der Waals surface area (Å²) in [7, 11) is 1.93. The van der Waals surface area contributed by atoms with Crippen LogP contribution >= 0.6 is 0 Å². The highest BCUT2D eigenvalue weighted by Crippen LogP contribution is 2.24. The van der Waals surface area contributed by atoms with Crippen molar-refractivity contribution in [3.63, 3.8) is 0 Å². The van der Waals surface area contributed by atoms with Gasteiger partial charge in [-0.2, -0.15) is 5.10 Å². The van der Waals surface area contributed by atoms with E-state index in [0.717, 1.165) is 55.3 Å². The van der Waals surface area contributed by atoms with Gasteiger partial charge in [-0.05, 0) is 25.9 Å². The van der Waals surface area contributed by atoms with Crippen LogP contribution in [0, 0.1) is 0 Å². The smallest absolute Gasteiger partial charge is 0.194 e. The van der Waals surface area contributed by atoms with Gasteiger partial charge in [-0.25, -0.2) is 4.98 Å². The maximum Gasteiger partial charge on any atom is 0.194 e. The molecule has 0 spiro atoms. The fraction of sp³-hybridized carbons (Fsp3) is 0.571. The minimum atomic E-state index is 0.804. The van der Waals surface area contributed by atoms with Gasteiger partial charge < -0.3 is 9.73 Å². The van der Waals surface area contributed by atoms with Gasteiger partial charge in [-0.3, -0.25) is 4.68 Å². The lowest BCUT2D eigenvalue weighted by atomic mass is 10.2. The standard InChI is InChI=1S/C14H22N4O/c1-4-12-11(10-18(3)17-12)13-9-16-14(19-13)7-6-8-15-5-2/h9-10,15H,4-8H2,1-3H3. The molecule has 0 bridgehead atoms. The van der Waals surface area contributed by atoms with Crippen LogP contribution in [0.1, 0.15) is 31.9 Å². The number of hydrogen-bond acceptors (Lipinski definition) is 4. The van der Waals surface area contributed by atoms with Gasteiger partial charge in [0.25, 0.3) is 0 Å². The van der Waals surface area contributed by atoms with Gasteiger partial charge in [0.15, 0.2) is 11.7 Å². The lowest BCUT2D eigenvalue weighted by molar-refractivity contribution is 0.492. The lowest BCUT2D eigenvalue weighted by Crippen LogP contribution is -2.14. The van der Waals surface area contributed by atoms with Crippen molar-refractivity contribution in [1.82, 2.24) is 20.1 Å². The summed E-state index contributed by atoms with van der Waals surface area (Å²) < 4.78 is 7.63. The first-order valence-corrected chi connectivity index (χ1v) is 6.92. The van der Waals surface area contributed by atoms with E-state index in [2.05, 4.69) is 29.2 Å². The number of nitrogens with one attached hydrogen (secondary N) is 1. The molecule has 5 heteroatoms. The molecule has 2 aromatic rings. The number of nitrogens with zero attached hydrogens (tertiary/aromatic N) is 3. The second-order valence-corrected chi connectivity index (χ2v) is 4.59. The van der Waals surface area contributed by atoms with Crippen molar-refractivity contribution in [2.24, 2.45) is 7.05 Å². The largest absolute Gasteiger partial charge is 0.441 e. The zero-order valence-electron chi connectivity index (χ0n) is 11.9. The second kappa shape index (κ2) is 6.52. The Morgan fingerprint density at radius 3 is 2.95 bits per heavy atom. The van der Waals surface area contributed by atoms with Crippen LogP contribution in [0.5, 0.6) is 0 Å². The first-order valence-electron chi connectivity index (χ1n) is 6.92. The van der Waals surface area contributed by atoms with E-state index in [-0.39, 0.29) is 0 Å². The molecule has 5 nitrogen and oxygen atoms in total. The maximum atomic E-state index is 5.81. The van der Waals surface area contributed by atoms with Gasteiger partial charge in [-0.1, -0.05) is 13.8 Å². The highest BCUT2D eigenvalue weighted by atomic mass is 16.4. The Morgan fingerprint density at radius 2 is 2.21 bits per heavy atom. The van der Waals surface area contributed by atoms with Gasteiger partial charge >= 0.3 is 0 Å². The zero-order chi connectivity index (χ0) is 13.7. The summed E-state index contributed by atoms with van der Waals surface area (Å²) in [6.07, 6.45) is 6.60. The Hall–Kier alpha value is -1.62. The van der Waals surface area contributed by atoms with E-state index in [0.29, 0.717) is 0 Å². The Balaban J connectivity index is 2.03. The number of hydrogen-bond donors (Lipinski definition) is 1. The molecule has 0 amide bonds. The van der Waals surface area contributed by atoms with Gasteiger partial charge in [-0.15, -0.1) is 0 Å². The lowest BCUT2D eigenvalue weighted by Gasteiger charge is -1.98. The maximum absolute atomic E-state index is 5.81. The van der Waals surface area contributed by atoms with Crippen LogP contribution in [0.15, 0.2) is 16.8 Å². The minimum Gasteiger partial charge on any atom is -0.441 e. The normalized spacial score (nSPS) is 11.1. The zero-order valence-corrected chi connectivity index (χ0v) is 11.9. The summed E-state index contributed by atoms with van der Waals surface area (Å²) in [5.74, 6) is 1.63. The molecule has 1 N–H and O–H groups in total. The van der Waals surface area contributed by atoms with E-state index >= 15 is 0 Å². The average Bonchev–Trinajstić information content (AvgIpc) is 3.00. The predicted molar refractivity (Wildman–Crippen MR) is 74.9 cm³/mol. The molecule has 19 heavy (non-hydrogen) atoms. The van der Waals surface area contributed by atoms with Gasteiger partial charge in [0.1, 0.15) is 0 Å². The molecule has 0 aliphatic carbocycles. The van der Waals surface area contributed by atoms with E-state index in [1.165, 1.54) is 0 Å². The molecule has 104 valence electrons. The predicted octanol–water partition coefficient (Wildman–Crippen LogP) is 2.18. The Bertz CT molecular complexity index is 515. The Kier molecular flexibility index (Phi) is 4.74. The van der Waals surface area contributed by atoms with Crippen LogP contribution in [0.4, 0.5) is 0 Å². The molecule has 2 aromatic heterocycles. The Morgan fingerprint density at radius 1 is 1.37 bits per heavy atom. The van der Waals surface area contributed by atoms with E-state index in [9.17, 15) is 0 Å². The van der Waals surface area contributed by atoms with Crippen molar-refractivity contribution in [2.45, 2.75) is 33.1 Å². The molecule has 0 radical (unpaired) electrons. The molecule has 0 atom stereocenters. The minimum absolute atomic E-state index is 0.804. The third-order valence-corrected chi connectivity index (χ3v) is 3.05. The van der Waals surface area contributed by atoms with E-state index in [1.54, 1.807) is 6.20 Å². The van der Waals surface area contributed by atoms with Gasteiger partial charge in [0.05, 0.1) is 17.5 Å². The fourth-order valence-corrected chi connectivity index (χ4v) is 2.09. The topological polar surface area (TPSA) is 55.9 Å². The monoisotopic (exact) mass is 262 g/mol. The third kappa shape index (κ3) is 3.44. The number of aromatic nitrogens is 3. The van der Waals surface area contributed by atoms with E-state index < -0.39 is 0 Å². The van der Waals surface area contributed by atoms with E-state index in [4.69, 9.17) is 4.42 Å². The summed E-state index contributed by atoms with van der Waals surface area (Å²) in [6.45, 7) is 6.21. The highest BCUT2D eigenvalue weighted by Gasteiger charge is 2.13. The van der Waals surface area contributed by atoms with Crippen LogP contribution in [0.3, 0.4) is 0 Å². The molecule has 0 fully saturated rings. The van der Waals surface area contributed by atoms with Crippen molar-refractivity contribution in [2.75, 3.05) is 13.1 Å². The van der Waals surface area contributed by atoms with Gasteiger partial charge in [0.2, 0.25) is 0 Å². The van der Waals surface area contributed by atoms with Crippen LogP contribution < -0.4 is 5.32 Å². The molecule has 0 unspecified atom stereocenters. The SMILES string of the molecule is CCNCCCc1ncc(-c2cn(C)nc2CC)o1. The van der Waals surface area contributed by atoms with Crippen LogP contribution in [-0.4, -0.2) is 27.9 Å². The molecule has 0 saturated carbocycles. The van der Waals surface area contributed by atoms with Crippen molar-refractivity contribution in [3.8, 4) is 11.3 Å². The van der Waals surface area contributed by atoms with Crippen molar-refractivity contribution in [3.05, 3.63) is 24.0 Å². The van der Waals surface area contributed by atoms with Crippen molar-refractivity contribution < 1.29 is 4.42 Å². The third-order valence-electron chi connectivity index (χ3n) is 3.05. The molecular formula is C14H22N4O. The first kappa shape index (κ1) is 13.8.